The molecule has 0 spiro atoms. The Bertz CT molecular complexity index is 542. The van der Waals surface area contributed by atoms with Gasteiger partial charge in [-0.2, -0.15) is 8.78 Å². The summed E-state index contributed by atoms with van der Waals surface area (Å²) in [6.07, 6.45) is -0.802. The average molecular weight is 350 g/mol. The Labute approximate surface area is 137 Å². The van der Waals surface area contributed by atoms with Crippen LogP contribution in [0.3, 0.4) is 0 Å². The van der Waals surface area contributed by atoms with Crippen LogP contribution in [0.2, 0.25) is 0 Å². The van der Waals surface area contributed by atoms with Gasteiger partial charge in [-0.1, -0.05) is 13.8 Å². The summed E-state index contributed by atoms with van der Waals surface area (Å²) >= 11 is 0.965. The molecular formula is C15H20F2O5S. The number of thiophene rings is 1. The normalized spacial score (nSPS) is 12.3. The second kappa shape index (κ2) is 8.81. The van der Waals surface area contributed by atoms with Crippen molar-refractivity contribution in [3.8, 4) is 5.75 Å². The van der Waals surface area contributed by atoms with E-state index in [0.29, 0.717) is 4.88 Å². The molecule has 1 unspecified atom stereocenters. The first-order chi connectivity index (χ1) is 10.7. The van der Waals surface area contributed by atoms with Crippen LogP contribution < -0.4 is 4.74 Å². The van der Waals surface area contributed by atoms with E-state index in [-0.39, 0.29) is 29.6 Å². The zero-order chi connectivity index (χ0) is 17.6. The monoisotopic (exact) mass is 350 g/mol. The quantitative estimate of drug-likeness (QED) is 0.668. The summed E-state index contributed by atoms with van der Waals surface area (Å²) in [5.74, 6) is -1.70. The van der Waals surface area contributed by atoms with Crippen LogP contribution in [0.1, 0.15) is 41.7 Å². The molecule has 0 N–H and O–H groups in total. The van der Waals surface area contributed by atoms with Gasteiger partial charge in [0.25, 0.3) is 0 Å². The first-order valence-corrected chi connectivity index (χ1v) is 7.99. The van der Waals surface area contributed by atoms with Gasteiger partial charge in [0.05, 0.1) is 6.61 Å². The van der Waals surface area contributed by atoms with E-state index in [1.165, 1.54) is 6.07 Å². The predicted octanol–water partition coefficient (Wildman–Crippen LogP) is 3.79. The molecule has 1 aromatic rings. The molecule has 0 radical (unpaired) electrons. The molecule has 1 heterocycles. The molecule has 130 valence electrons. The maximum absolute atomic E-state index is 12.4. The second-order valence-electron chi connectivity index (χ2n) is 5.20. The molecule has 1 rings (SSSR count). The van der Waals surface area contributed by atoms with Crippen LogP contribution in [0.25, 0.3) is 0 Å². The zero-order valence-electron chi connectivity index (χ0n) is 13.4. The fourth-order valence-corrected chi connectivity index (χ4v) is 2.68. The Hall–Kier alpha value is -1.70. The molecule has 5 nitrogen and oxygen atoms in total. The number of hydrogen-bond donors (Lipinski definition) is 0. The third-order valence-corrected chi connectivity index (χ3v) is 3.72. The molecular weight excluding hydrogens is 330 g/mol. The van der Waals surface area contributed by atoms with Crippen LogP contribution in [0.4, 0.5) is 8.78 Å². The van der Waals surface area contributed by atoms with E-state index < -0.39 is 24.7 Å². The summed E-state index contributed by atoms with van der Waals surface area (Å²) in [6, 6.07) is 1.33. The van der Waals surface area contributed by atoms with Gasteiger partial charge in [-0.05, 0) is 32.3 Å². The van der Waals surface area contributed by atoms with E-state index in [1.807, 2.05) is 13.8 Å². The highest BCUT2D eigenvalue weighted by molar-refractivity contribution is 7.14. The molecule has 0 saturated carbocycles. The van der Waals surface area contributed by atoms with Crippen LogP contribution >= 0.6 is 11.3 Å². The van der Waals surface area contributed by atoms with Gasteiger partial charge < -0.3 is 14.2 Å². The maximum Gasteiger partial charge on any atom is 0.387 e. The van der Waals surface area contributed by atoms with Crippen LogP contribution in [0.5, 0.6) is 5.75 Å². The fraction of sp³-hybridized carbons (Fsp3) is 0.600. The van der Waals surface area contributed by atoms with Gasteiger partial charge in [-0.15, -0.1) is 11.3 Å². The van der Waals surface area contributed by atoms with Gasteiger partial charge in [0.2, 0.25) is 0 Å². The lowest BCUT2D eigenvalue weighted by Gasteiger charge is -2.18. The summed E-state index contributed by atoms with van der Waals surface area (Å²) in [6.45, 7) is 4.12. The van der Waals surface area contributed by atoms with Gasteiger partial charge in [-0.3, -0.25) is 0 Å². The topological polar surface area (TPSA) is 61.8 Å². The zero-order valence-corrected chi connectivity index (χ0v) is 14.2. The summed E-state index contributed by atoms with van der Waals surface area (Å²) < 4.78 is 39.2. The number of hydrogen-bond acceptors (Lipinski definition) is 6. The van der Waals surface area contributed by atoms with E-state index >= 15 is 0 Å². The van der Waals surface area contributed by atoms with E-state index in [4.69, 9.17) is 9.47 Å². The Kier molecular flexibility index (Phi) is 7.41. The second-order valence-corrected chi connectivity index (χ2v) is 6.46. The molecule has 0 aliphatic carbocycles. The lowest BCUT2D eigenvalue weighted by Crippen LogP contribution is -2.30. The third-order valence-electron chi connectivity index (χ3n) is 2.71. The van der Waals surface area contributed by atoms with E-state index in [1.54, 1.807) is 13.8 Å². The summed E-state index contributed by atoms with van der Waals surface area (Å²) in [4.78, 5) is 24.6. The molecule has 1 aromatic heterocycles. The van der Waals surface area contributed by atoms with Crippen LogP contribution in [0, 0.1) is 12.8 Å². The van der Waals surface area contributed by atoms with Crippen molar-refractivity contribution in [2.75, 3.05) is 6.61 Å². The molecule has 0 fully saturated rings. The SMILES string of the molecule is CCOC(=O)C(CC(C)C)OC(=O)c1sc(C)cc1OC(F)F. The van der Waals surface area contributed by atoms with Crippen molar-refractivity contribution in [3.63, 3.8) is 0 Å². The smallest absolute Gasteiger partial charge is 0.387 e. The number of esters is 2. The minimum Gasteiger partial charge on any atom is -0.463 e. The van der Waals surface area contributed by atoms with Crippen LogP contribution in [0.15, 0.2) is 6.07 Å². The Morgan fingerprint density at radius 1 is 1.30 bits per heavy atom. The number of carbonyl (C=O) groups excluding carboxylic acids is 2. The number of rotatable bonds is 8. The van der Waals surface area contributed by atoms with Crippen molar-refractivity contribution in [1.29, 1.82) is 0 Å². The lowest BCUT2D eigenvalue weighted by molar-refractivity contribution is -0.154. The van der Waals surface area contributed by atoms with E-state index in [0.717, 1.165) is 11.3 Å². The number of carbonyl (C=O) groups is 2. The highest BCUT2D eigenvalue weighted by Crippen LogP contribution is 2.31. The molecule has 0 aromatic carbocycles. The van der Waals surface area contributed by atoms with Gasteiger partial charge in [0.15, 0.2) is 16.7 Å². The minimum absolute atomic E-state index is 0.0825. The van der Waals surface area contributed by atoms with Crippen molar-refractivity contribution < 1.29 is 32.6 Å². The minimum atomic E-state index is -3.05. The number of halogens is 2. The first kappa shape index (κ1) is 19.3. The summed E-state index contributed by atoms with van der Waals surface area (Å²) in [7, 11) is 0. The van der Waals surface area contributed by atoms with Crippen molar-refractivity contribution in [2.24, 2.45) is 5.92 Å². The van der Waals surface area contributed by atoms with Crippen molar-refractivity contribution in [3.05, 3.63) is 15.8 Å². The third kappa shape index (κ3) is 6.13. The standard InChI is InChI=1S/C15H20F2O5S/c1-5-20-13(18)11(6-8(2)3)21-14(19)12-10(22-15(16)17)7-9(4)23-12/h7-8,11,15H,5-6H2,1-4H3. The number of aryl methyl sites for hydroxylation is 1. The fourth-order valence-electron chi connectivity index (χ4n) is 1.86. The Balaban J connectivity index is 2.91. The summed E-state index contributed by atoms with van der Waals surface area (Å²) in [5, 5.41) is 0. The largest absolute Gasteiger partial charge is 0.463 e. The molecule has 1 atom stereocenters. The molecule has 0 aliphatic rings. The van der Waals surface area contributed by atoms with Crippen molar-refractivity contribution in [2.45, 2.75) is 46.8 Å². The van der Waals surface area contributed by atoms with Crippen LogP contribution in [-0.4, -0.2) is 31.3 Å². The lowest BCUT2D eigenvalue weighted by atomic mass is 10.1. The highest BCUT2D eigenvalue weighted by atomic mass is 32.1. The van der Waals surface area contributed by atoms with Gasteiger partial charge in [0, 0.05) is 4.88 Å². The maximum atomic E-state index is 12.4. The molecule has 23 heavy (non-hydrogen) atoms. The molecule has 8 heteroatoms. The molecule has 0 amide bonds. The predicted molar refractivity (Wildman–Crippen MR) is 81.0 cm³/mol. The Morgan fingerprint density at radius 3 is 2.48 bits per heavy atom. The van der Waals surface area contributed by atoms with Gasteiger partial charge in [0.1, 0.15) is 0 Å². The van der Waals surface area contributed by atoms with Crippen molar-refractivity contribution >= 4 is 23.3 Å². The summed E-state index contributed by atoms with van der Waals surface area (Å²) in [5.41, 5.74) is 0. The average Bonchev–Trinajstić information content (AvgIpc) is 2.77. The number of ether oxygens (including phenoxy) is 3. The van der Waals surface area contributed by atoms with E-state index in [9.17, 15) is 18.4 Å². The Morgan fingerprint density at radius 2 is 1.96 bits per heavy atom. The van der Waals surface area contributed by atoms with Crippen molar-refractivity contribution in [1.82, 2.24) is 0 Å². The van der Waals surface area contributed by atoms with E-state index in [2.05, 4.69) is 4.74 Å². The number of alkyl halides is 2. The van der Waals surface area contributed by atoms with Gasteiger partial charge in [-0.25, -0.2) is 9.59 Å². The highest BCUT2D eigenvalue weighted by Gasteiger charge is 2.29. The molecule has 0 bridgehead atoms. The molecule has 0 aliphatic heterocycles. The van der Waals surface area contributed by atoms with Crippen LogP contribution in [-0.2, 0) is 14.3 Å². The first-order valence-electron chi connectivity index (χ1n) is 7.17. The van der Waals surface area contributed by atoms with Gasteiger partial charge >= 0.3 is 18.6 Å². The molecule has 0 saturated heterocycles.